The Hall–Kier alpha value is -2.12. The Labute approximate surface area is 153 Å². The van der Waals surface area contributed by atoms with E-state index >= 15 is 0 Å². The average Bonchev–Trinajstić information content (AvgIpc) is 3.20. The second-order valence-electron chi connectivity index (χ2n) is 7.19. The molecule has 1 spiro atoms. The van der Waals surface area contributed by atoms with E-state index in [9.17, 15) is 13.2 Å². The molecule has 138 valence electrons. The van der Waals surface area contributed by atoms with E-state index in [0.29, 0.717) is 23.5 Å². The van der Waals surface area contributed by atoms with Gasteiger partial charge in [0.1, 0.15) is 6.26 Å². The summed E-state index contributed by atoms with van der Waals surface area (Å²) >= 11 is 0. The van der Waals surface area contributed by atoms with Crippen molar-refractivity contribution in [1.82, 2.24) is 9.62 Å². The standard InChI is InChI=1S/C19H22N2O4S/c22-18(15-7-13-25-14-15)21-11-9-19(10-12-21)8-6-17(19)20-26(23,24)16-4-2-1-3-5-16/h1-5,7,13-14,17,20H,6,8-12H2/t17-/m0/s1. The first-order valence-electron chi connectivity index (χ1n) is 8.89. The van der Waals surface area contributed by atoms with Crippen molar-refractivity contribution in [2.45, 2.75) is 36.6 Å². The number of furan rings is 1. The van der Waals surface area contributed by atoms with Crippen LogP contribution in [0.5, 0.6) is 0 Å². The lowest BCUT2D eigenvalue weighted by Crippen LogP contribution is -2.59. The van der Waals surface area contributed by atoms with Gasteiger partial charge in [-0.25, -0.2) is 13.1 Å². The highest BCUT2D eigenvalue weighted by Crippen LogP contribution is 2.49. The van der Waals surface area contributed by atoms with Crippen molar-refractivity contribution in [3.8, 4) is 0 Å². The van der Waals surface area contributed by atoms with Crippen molar-refractivity contribution in [2.24, 2.45) is 5.41 Å². The molecule has 2 aliphatic rings. The van der Waals surface area contributed by atoms with E-state index in [1.807, 2.05) is 4.90 Å². The van der Waals surface area contributed by atoms with E-state index in [4.69, 9.17) is 4.42 Å². The molecule has 2 fully saturated rings. The number of carbonyl (C=O) groups is 1. The molecule has 0 radical (unpaired) electrons. The Balaban J connectivity index is 1.41. The molecular formula is C19H22N2O4S. The molecule has 1 amide bonds. The number of amides is 1. The minimum atomic E-state index is -3.50. The van der Waals surface area contributed by atoms with E-state index in [0.717, 1.165) is 25.7 Å². The van der Waals surface area contributed by atoms with Gasteiger partial charge in [0, 0.05) is 19.1 Å². The van der Waals surface area contributed by atoms with Crippen LogP contribution in [0.15, 0.2) is 58.2 Å². The summed E-state index contributed by atoms with van der Waals surface area (Å²) in [6.07, 6.45) is 6.45. The summed E-state index contributed by atoms with van der Waals surface area (Å²) in [5.74, 6) is -0.0191. The van der Waals surface area contributed by atoms with E-state index in [2.05, 4.69) is 4.72 Å². The smallest absolute Gasteiger partial charge is 0.257 e. The number of rotatable bonds is 4. The number of hydrogen-bond donors (Lipinski definition) is 1. The summed E-state index contributed by atoms with van der Waals surface area (Å²) in [5, 5.41) is 0. The highest BCUT2D eigenvalue weighted by molar-refractivity contribution is 7.89. The SMILES string of the molecule is O=C(c1ccoc1)N1CCC2(CC[C@@H]2NS(=O)(=O)c2ccccc2)CC1. The number of likely N-dealkylation sites (tertiary alicyclic amines) is 1. The summed E-state index contributed by atoms with van der Waals surface area (Å²) in [7, 11) is -3.50. The minimum Gasteiger partial charge on any atom is -0.472 e. The number of nitrogens with zero attached hydrogens (tertiary/aromatic N) is 1. The Morgan fingerprint density at radius 1 is 1.12 bits per heavy atom. The van der Waals surface area contributed by atoms with Gasteiger partial charge in [0.2, 0.25) is 10.0 Å². The molecule has 7 heteroatoms. The maximum atomic E-state index is 12.6. The van der Waals surface area contributed by atoms with Crippen molar-refractivity contribution in [3.05, 3.63) is 54.5 Å². The zero-order chi connectivity index (χ0) is 18.2. The minimum absolute atomic E-state index is 0.0191. The van der Waals surface area contributed by atoms with Crippen LogP contribution in [0.1, 0.15) is 36.0 Å². The van der Waals surface area contributed by atoms with Gasteiger partial charge in [-0.1, -0.05) is 18.2 Å². The predicted molar refractivity (Wildman–Crippen MR) is 96.1 cm³/mol. The fraction of sp³-hybridized carbons (Fsp3) is 0.421. The molecular weight excluding hydrogens is 352 g/mol. The monoisotopic (exact) mass is 374 g/mol. The fourth-order valence-electron chi connectivity index (χ4n) is 4.06. The van der Waals surface area contributed by atoms with Gasteiger partial charge in [-0.2, -0.15) is 0 Å². The molecule has 2 heterocycles. The molecule has 1 aliphatic heterocycles. The largest absolute Gasteiger partial charge is 0.472 e. The second kappa shape index (κ2) is 6.55. The first-order chi connectivity index (χ1) is 12.5. The van der Waals surface area contributed by atoms with E-state index < -0.39 is 10.0 Å². The molecule has 2 aromatic rings. The molecule has 1 aromatic heterocycles. The second-order valence-corrected chi connectivity index (χ2v) is 8.91. The van der Waals surface area contributed by atoms with Crippen LogP contribution in [0.3, 0.4) is 0 Å². The fourth-order valence-corrected chi connectivity index (χ4v) is 5.45. The third-order valence-electron chi connectivity index (χ3n) is 5.84. The van der Waals surface area contributed by atoms with Crippen molar-refractivity contribution in [3.63, 3.8) is 0 Å². The van der Waals surface area contributed by atoms with Crippen LogP contribution in [0.25, 0.3) is 0 Å². The van der Waals surface area contributed by atoms with Gasteiger partial charge in [0.05, 0.1) is 16.7 Å². The molecule has 0 unspecified atom stereocenters. The molecule has 1 N–H and O–H groups in total. The molecule has 1 saturated carbocycles. The molecule has 0 bridgehead atoms. The number of nitrogens with one attached hydrogen (secondary N) is 1. The lowest BCUT2D eigenvalue weighted by atomic mass is 9.59. The van der Waals surface area contributed by atoms with Crippen molar-refractivity contribution in [2.75, 3.05) is 13.1 Å². The van der Waals surface area contributed by atoms with E-state index in [1.165, 1.54) is 12.5 Å². The Bertz CT molecular complexity index is 870. The maximum absolute atomic E-state index is 12.6. The zero-order valence-corrected chi connectivity index (χ0v) is 15.2. The number of hydrogen-bond acceptors (Lipinski definition) is 4. The van der Waals surface area contributed by atoms with E-state index in [1.54, 1.807) is 36.4 Å². The average molecular weight is 374 g/mol. The molecule has 4 rings (SSSR count). The van der Waals surface area contributed by atoms with Gasteiger partial charge in [-0.15, -0.1) is 0 Å². The summed E-state index contributed by atoms with van der Waals surface area (Å²) in [5.41, 5.74) is 0.533. The van der Waals surface area contributed by atoms with Crippen molar-refractivity contribution >= 4 is 15.9 Å². The van der Waals surface area contributed by atoms with Crippen molar-refractivity contribution < 1.29 is 17.6 Å². The van der Waals surface area contributed by atoms with Crippen LogP contribution >= 0.6 is 0 Å². The third-order valence-corrected chi connectivity index (χ3v) is 7.32. The van der Waals surface area contributed by atoms with Crippen LogP contribution in [-0.4, -0.2) is 38.4 Å². The summed E-state index contributed by atoms with van der Waals surface area (Å²) in [4.78, 5) is 14.6. The van der Waals surface area contributed by atoms with Crippen LogP contribution < -0.4 is 4.72 Å². The molecule has 6 nitrogen and oxygen atoms in total. The lowest BCUT2D eigenvalue weighted by Gasteiger charge is -2.53. The molecule has 1 aliphatic carbocycles. The van der Waals surface area contributed by atoms with Gasteiger partial charge in [-0.3, -0.25) is 4.79 Å². The molecule has 1 saturated heterocycles. The Kier molecular flexibility index (Phi) is 4.36. The third kappa shape index (κ3) is 3.05. The summed E-state index contributed by atoms with van der Waals surface area (Å²) in [6.45, 7) is 1.29. The van der Waals surface area contributed by atoms with Crippen LogP contribution in [0, 0.1) is 5.41 Å². The number of sulfonamides is 1. The molecule has 1 aromatic carbocycles. The summed E-state index contributed by atoms with van der Waals surface area (Å²) < 4.78 is 33.1. The normalized spacial score (nSPS) is 22.2. The number of benzene rings is 1. The molecule has 1 atom stereocenters. The Morgan fingerprint density at radius 2 is 1.85 bits per heavy atom. The maximum Gasteiger partial charge on any atom is 0.257 e. The number of piperidine rings is 1. The lowest BCUT2D eigenvalue weighted by molar-refractivity contribution is 0.00507. The predicted octanol–water partition coefficient (Wildman–Crippen LogP) is 2.64. The van der Waals surface area contributed by atoms with Gasteiger partial charge >= 0.3 is 0 Å². The first kappa shape index (κ1) is 17.3. The van der Waals surface area contributed by atoms with Gasteiger partial charge < -0.3 is 9.32 Å². The summed E-state index contributed by atoms with van der Waals surface area (Å²) in [6, 6.07) is 10.1. The Morgan fingerprint density at radius 3 is 2.42 bits per heavy atom. The van der Waals surface area contributed by atoms with Crippen LogP contribution in [0.2, 0.25) is 0 Å². The molecule has 26 heavy (non-hydrogen) atoms. The van der Waals surface area contributed by atoms with Gasteiger partial charge in [-0.05, 0) is 49.3 Å². The van der Waals surface area contributed by atoms with Crippen LogP contribution in [0.4, 0.5) is 0 Å². The van der Waals surface area contributed by atoms with E-state index in [-0.39, 0.29) is 17.4 Å². The first-order valence-corrected chi connectivity index (χ1v) is 10.4. The highest BCUT2D eigenvalue weighted by Gasteiger charge is 2.50. The van der Waals surface area contributed by atoms with Gasteiger partial charge in [0.25, 0.3) is 5.91 Å². The van der Waals surface area contributed by atoms with Crippen LogP contribution in [-0.2, 0) is 10.0 Å². The number of carbonyl (C=O) groups excluding carboxylic acids is 1. The van der Waals surface area contributed by atoms with Crippen molar-refractivity contribution in [1.29, 1.82) is 0 Å². The topological polar surface area (TPSA) is 79.6 Å². The zero-order valence-electron chi connectivity index (χ0n) is 14.4. The quantitative estimate of drug-likeness (QED) is 0.892. The highest BCUT2D eigenvalue weighted by atomic mass is 32.2. The van der Waals surface area contributed by atoms with Gasteiger partial charge in [0.15, 0.2) is 0 Å².